The van der Waals surface area contributed by atoms with E-state index < -0.39 is 22.0 Å². The van der Waals surface area contributed by atoms with Crippen LogP contribution in [0.15, 0.2) is 98.5 Å². The summed E-state index contributed by atoms with van der Waals surface area (Å²) in [5, 5.41) is 4.56. The van der Waals surface area contributed by atoms with E-state index in [0.29, 0.717) is 22.8 Å². The third-order valence-corrected chi connectivity index (χ3v) is 7.49. The van der Waals surface area contributed by atoms with Gasteiger partial charge >= 0.3 is 5.69 Å². The Bertz CT molecular complexity index is 1590. The number of benzene rings is 2. The highest BCUT2D eigenvalue weighted by molar-refractivity contribution is 7.98. The predicted octanol–water partition coefficient (Wildman–Crippen LogP) is 3.37. The minimum Gasteiger partial charge on any atom is -0.313 e. The topological polar surface area (TPSA) is 113 Å². The highest BCUT2D eigenvalue weighted by Gasteiger charge is 2.16. The molecule has 8 nitrogen and oxygen atoms in total. The van der Waals surface area contributed by atoms with Gasteiger partial charge in [-0.2, -0.15) is 5.10 Å². The van der Waals surface area contributed by atoms with Crippen LogP contribution < -0.4 is 11.2 Å². The maximum atomic E-state index is 12.8. The number of hydrogen-bond acceptors (Lipinski definition) is 6. The molecule has 0 saturated carbocycles. The molecule has 3 aromatic heterocycles. The van der Waals surface area contributed by atoms with E-state index in [-0.39, 0.29) is 11.3 Å². The standard InChI is InChI=1S/C24H19N5O3S2/c30-23-20(12-25-24(31)27-23)21-11-16(14-33-18-7-3-1-4-8-18)22-26-17(13-29(22)28-21)15-34(32)19-9-5-2-6-10-19/h1-13H,14-15H2,(H2,25,27,30,31). The van der Waals surface area contributed by atoms with E-state index in [1.54, 1.807) is 28.5 Å². The van der Waals surface area contributed by atoms with Crippen LogP contribution in [0, 0.1) is 0 Å². The third-order valence-electron chi connectivity index (χ3n) is 5.07. The van der Waals surface area contributed by atoms with Gasteiger partial charge in [-0.3, -0.25) is 14.0 Å². The second-order valence-corrected chi connectivity index (χ2v) is 9.95. The number of thioether (sulfide) groups is 1. The largest absolute Gasteiger partial charge is 0.325 e. The molecule has 34 heavy (non-hydrogen) atoms. The van der Waals surface area contributed by atoms with E-state index in [1.807, 2.05) is 60.7 Å². The fourth-order valence-corrected chi connectivity index (χ4v) is 5.38. The average Bonchev–Trinajstić information content (AvgIpc) is 3.26. The van der Waals surface area contributed by atoms with Crippen molar-refractivity contribution < 1.29 is 4.21 Å². The normalized spacial score (nSPS) is 12.1. The monoisotopic (exact) mass is 489 g/mol. The minimum absolute atomic E-state index is 0.243. The Labute approximate surface area is 200 Å². The summed E-state index contributed by atoms with van der Waals surface area (Å²) in [6.45, 7) is 0. The summed E-state index contributed by atoms with van der Waals surface area (Å²) in [4.78, 5) is 35.1. The number of nitrogens with zero attached hydrogens (tertiary/aromatic N) is 3. The molecule has 0 radical (unpaired) electrons. The second kappa shape index (κ2) is 9.62. The molecule has 3 heterocycles. The lowest BCUT2D eigenvalue weighted by Gasteiger charge is -2.07. The van der Waals surface area contributed by atoms with E-state index in [1.165, 1.54) is 6.20 Å². The van der Waals surface area contributed by atoms with Gasteiger partial charge < -0.3 is 4.98 Å². The first-order chi connectivity index (χ1) is 16.6. The van der Waals surface area contributed by atoms with Crippen LogP contribution in [-0.2, 0) is 22.3 Å². The zero-order chi connectivity index (χ0) is 23.5. The Morgan fingerprint density at radius 3 is 2.47 bits per heavy atom. The molecule has 1 unspecified atom stereocenters. The molecule has 0 bridgehead atoms. The fraction of sp³-hybridized carbons (Fsp3) is 0.0833. The lowest BCUT2D eigenvalue weighted by molar-refractivity contribution is 0.682. The minimum atomic E-state index is -1.25. The predicted molar refractivity (Wildman–Crippen MR) is 132 cm³/mol. The third kappa shape index (κ3) is 4.78. The summed E-state index contributed by atoms with van der Waals surface area (Å²) in [7, 11) is -1.25. The maximum Gasteiger partial charge on any atom is 0.325 e. The van der Waals surface area contributed by atoms with Gasteiger partial charge in [0.25, 0.3) is 5.56 Å². The molecular weight excluding hydrogens is 470 g/mol. The molecule has 0 fully saturated rings. The van der Waals surface area contributed by atoms with E-state index in [9.17, 15) is 13.8 Å². The Morgan fingerprint density at radius 1 is 1.00 bits per heavy atom. The molecule has 0 aliphatic heterocycles. The molecule has 0 saturated heterocycles. The zero-order valence-electron chi connectivity index (χ0n) is 17.8. The number of nitrogens with one attached hydrogen (secondary N) is 2. The van der Waals surface area contributed by atoms with Crippen LogP contribution in [0.1, 0.15) is 11.3 Å². The molecule has 0 spiro atoms. The Kier molecular flexibility index (Phi) is 6.24. The van der Waals surface area contributed by atoms with Crippen molar-refractivity contribution in [2.45, 2.75) is 21.3 Å². The lowest BCUT2D eigenvalue weighted by Crippen LogP contribution is -2.23. The van der Waals surface area contributed by atoms with Crippen molar-refractivity contribution >= 4 is 28.2 Å². The molecule has 1 atom stereocenters. The van der Waals surface area contributed by atoms with E-state index in [0.717, 1.165) is 15.4 Å². The van der Waals surface area contributed by atoms with Crippen molar-refractivity contribution in [2.75, 3.05) is 0 Å². The van der Waals surface area contributed by atoms with Gasteiger partial charge in [-0.1, -0.05) is 36.4 Å². The molecule has 0 aliphatic carbocycles. The van der Waals surface area contributed by atoms with Gasteiger partial charge in [0.1, 0.15) is 0 Å². The van der Waals surface area contributed by atoms with Crippen LogP contribution in [-0.4, -0.2) is 28.8 Å². The summed E-state index contributed by atoms with van der Waals surface area (Å²) in [6, 6.07) is 21.0. The van der Waals surface area contributed by atoms with Gasteiger partial charge in [-0.15, -0.1) is 11.8 Å². The highest BCUT2D eigenvalue weighted by atomic mass is 32.2. The van der Waals surface area contributed by atoms with Crippen molar-refractivity contribution in [2.24, 2.45) is 0 Å². The molecule has 2 aromatic carbocycles. The molecule has 5 rings (SSSR count). The van der Waals surface area contributed by atoms with Crippen LogP contribution in [0.3, 0.4) is 0 Å². The first kappa shape index (κ1) is 22.1. The first-order valence-corrected chi connectivity index (χ1v) is 12.7. The van der Waals surface area contributed by atoms with Crippen LogP contribution >= 0.6 is 11.8 Å². The summed E-state index contributed by atoms with van der Waals surface area (Å²) < 4.78 is 14.4. The van der Waals surface area contributed by atoms with Gasteiger partial charge in [0.05, 0.1) is 39.7 Å². The number of imidazole rings is 1. The highest BCUT2D eigenvalue weighted by Crippen LogP contribution is 2.27. The summed E-state index contributed by atoms with van der Waals surface area (Å²) in [5.74, 6) is 0.829. The number of aromatic nitrogens is 5. The van der Waals surface area contributed by atoms with Crippen LogP contribution in [0.25, 0.3) is 16.9 Å². The molecule has 0 amide bonds. The maximum absolute atomic E-state index is 12.8. The van der Waals surface area contributed by atoms with Gasteiger partial charge in [0.2, 0.25) is 0 Å². The molecule has 10 heteroatoms. The first-order valence-electron chi connectivity index (χ1n) is 10.4. The fourth-order valence-electron chi connectivity index (χ4n) is 3.46. The number of fused-ring (bicyclic) bond motifs is 1. The Balaban J connectivity index is 1.55. The van der Waals surface area contributed by atoms with E-state index in [2.05, 4.69) is 15.1 Å². The summed E-state index contributed by atoms with van der Waals surface area (Å²) >= 11 is 1.63. The molecule has 2 N–H and O–H groups in total. The van der Waals surface area contributed by atoms with Crippen molar-refractivity contribution in [3.63, 3.8) is 0 Å². The Morgan fingerprint density at radius 2 is 1.74 bits per heavy atom. The molecular formula is C24H19N5O3S2. The van der Waals surface area contributed by atoms with Crippen molar-refractivity contribution in [1.82, 2.24) is 24.6 Å². The van der Waals surface area contributed by atoms with Crippen LogP contribution in [0.2, 0.25) is 0 Å². The van der Waals surface area contributed by atoms with Gasteiger partial charge in [0.15, 0.2) is 5.65 Å². The summed E-state index contributed by atoms with van der Waals surface area (Å²) in [5.41, 5.74) is 1.67. The second-order valence-electron chi connectivity index (χ2n) is 7.45. The van der Waals surface area contributed by atoms with Gasteiger partial charge in [-0.25, -0.2) is 14.3 Å². The number of aromatic amines is 2. The Hall–Kier alpha value is -3.76. The SMILES string of the molecule is O=c1[nH]cc(-c2cc(CSc3ccccc3)c3nc(CS(=O)c4ccccc4)cn3n2)c(=O)[nH]1. The molecule has 0 aliphatic rings. The molecule has 5 aromatic rings. The average molecular weight is 490 g/mol. The summed E-state index contributed by atoms with van der Waals surface area (Å²) in [6.07, 6.45) is 3.09. The van der Waals surface area contributed by atoms with Crippen LogP contribution in [0.5, 0.6) is 0 Å². The number of H-pyrrole nitrogens is 2. The number of hydrogen-bond donors (Lipinski definition) is 2. The van der Waals surface area contributed by atoms with Gasteiger partial charge in [0, 0.05) is 27.3 Å². The van der Waals surface area contributed by atoms with Gasteiger partial charge in [-0.05, 0) is 30.3 Å². The molecule has 170 valence electrons. The van der Waals surface area contributed by atoms with Crippen molar-refractivity contribution in [3.8, 4) is 11.3 Å². The lowest BCUT2D eigenvalue weighted by atomic mass is 10.2. The zero-order valence-corrected chi connectivity index (χ0v) is 19.4. The van der Waals surface area contributed by atoms with E-state index >= 15 is 0 Å². The van der Waals surface area contributed by atoms with Crippen LogP contribution in [0.4, 0.5) is 0 Å². The van der Waals surface area contributed by atoms with Crippen molar-refractivity contribution in [1.29, 1.82) is 0 Å². The smallest absolute Gasteiger partial charge is 0.313 e. The van der Waals surface area contributed by atoms with E-state index in [4.69, 9.17) is 4.98 Å². The number of rotatable bonds is 7. The quantitative estimate of drug-likeness (QED) is 0.339. The van der Waals surface area contributed by atoms with Crippen molar-refractivity contribution in [3.05, 3.63) is 111 Å².